The lowest BCUT2D eigenvalue weighted by atomic mass is 10.4. The van der Waals surface area contributed by atoms with Gasteiger partial charge in [-0.2, -0.15) is 0 Å². The van der Waals surface area contributed by atoms with E-state index in [9.17, 15) is 0 Å². The lowest BCUT2D eigenvalue weighted by Gasteiger charge is -1.86. The molecule has 0 heterocycles. The molecule has 1 heteroatoms. The van der Waals surface area contributed by atoms with E-state index < -0.39 is 0 Å². The Kier molecular flexibility index (Phi) is 4.79. The van der Waals surface area contributed by atoms with E-state index in [2.05, 4.69) is 18.5 Å². The molecular formula is C8H13N. The standard InChI is InChI=1S/C8H13N/c1-4-7-9-8(5-2)6-3/h5-7H,2,4H2,1,3H3/b8-6+,9-7?. The van der Waals surface area contributed by atoms with Gasteiger partial charge in [-0.3, -0.25) is 4.99 Å². The molecule has 0 saturated heterocycles. The molecule has 0 rings (SSSR count). The highest BCUT2D eigenvalue weighted by atomic mass is 14.7. The van der Waals surface area contributed by atoms with Crippen molar-refractivity contribution >= 4 is 6.21 Å². The zero-order valence-electron chi connectivity index (χ0n) is 6.09. The van der Waals surface area contributed by atoms with Gasteiger partial charge in [-0.25, -0.2) is 0 Å². The highest BCUT2D eigenvalue weighted by Gasteiger charge is 1.77. The maximum absolute atomic E-state index is 4.10. The summed E-state index contributed by atoms with van der Waals surface area (Å²) in [4.78, 5) is 4.10. The molecule has 0 aliphatic heterocycles. The van der Waals surface area contributed by atoms with E-state index in [1.807, 2.05) is 19.2 Å². The van der Waals surface area contributed by atoms with Gasteiger partial charge >= 0.3 is 0 Å². The minimum atomic E-state index is 0.942. The molecule has 0 bridgehead atoms. The normalized spacial score (nSPS) is 12.4. The number of aliphatic imine (C=N–C) groups is 1. The highest BCUT2D eigenvalue weighted by molar-refractivity contribution is 5.58. The molecule has 0 radical (unpaired) electrons. The minimum Gasteiger partial charge on any atom is -0.262 e. The van der Waals surface area contributed by atoms with Crippen LogP contribution in [0.25, 0.3) is 0 Å². The molecular weight excluding hydrogens is 110 g/mol. The van der Waals surface area contributed by atoms with Crippen LogP contribution in [0.5, 0.6) is 0 Å². The molecule has 0 fully saturated rings. The first-order chi connectivity index (χ1) is 4.35. The van der Waals surface area contributed by atoms with Crippen LogP contribution in [0.2, 0.25) is 0 Å². The molecule has 0 atom stereocenters. The average Bonchev–Trinajstić information content (AvgIpc) is 1.91. The second-order valence-corrected chi connectivity index (χ2v) is 1.64. The Morgan fingerprint density at radius 2 is 2.33 bits per heavy atom. The van der Waals surface area contributed by atoms with Gasteiger partial charge in [0.1, 0.15) is 0 Å². The van der Waals surface area contributed by atoms with Crippen LogP contribution >= 0.6 is 0 Å². The van der Waals surface area contributed by atoms with Crippen LogP contribution in [0.15, 0.2) is 29.4 Å². The van der Waals surface area contributed by atoms with Crippen LogP contribution in [0.4, 0.5) is 0 Å². The third kappa shape index (κ3) is 3.71. The van der Waals surface area contributed by atoms with Crippen molar-refractivity contribution in [1.82, 2.24) is 0 Å². The van der Waals surface area contributed by atoms with E-state index in [4.69, 9.17) is 0 Å². The second-order valence-electron chi connectivity index (χ2n) is 1.64. The summed E-state index contributed by atoms with van der Waals surface area (Å²) in [6.45, 7) is 7.61. The maximum atomic E-state index is 4.10. The summed E-state index contributed by atoms with van der Waals surface area (Å²) in [7, 11) is 0. The van der Waals surface area contributed by atoms with Crippen molar-refractivity contribution in [1.29, 1.82) is 0 Å². The first-order valence-electron chi connectivity index (χ1n) is 3.16. The fourth-order valence-electron chi connectivity index (χ4n) is 0.442. The Bertz CT molecular complexity index is 132. The van der Waals surface area contributed by atoms with E-state index >= 15 is 0 Å². The fraction of sp³-hybridized carbons (Fsp3) is 0.375. The molecule has 0 amide bonds. The van der Waals surface area contributed by atoms with Gasteiger partial charge in [0, 0.05) is 6.21 Å². The third-order valence-electron chi connectivity index (χ3n) is 0.928. The molecule has 9 heavy (non-hydrogen) atoms. The number of rotatable bonds is 3. The summed E-state index contributed by atoms with van der Waals surface area (Å²) >= 11 is 0. The van der Waals surface area contributed by atoms with E-state index in [-0.39, 0.29) is 0 Å². The number of hydrogen-bond acceptors (Lipinski definition) is 1. The van der Waals surface area contributed by atoms with Crippen LogP contribution in [0, 0.1) is 0 Å². The average molecular weight is 123 g/mol. The molecule has 0 N–H and O–H groups in total. The monoisotopic (exact) mass is 123 g/mol. The van der Waals surface area contributed by atoms with Crippen molar-refractivity contribution in [3.8, 4) is 0 Å². The molecule has 0 aromatic heterocycles. The van der Waals surface area contributed by atoms with Crippen molar-refractivity contribution in [3.63, 3.8) is 0 Å². The summed E-state index contributed by atoms with van der Waals surface area (Å²) in [6.07, 6.45) is 6.52. The molecule has 0 saturated carbocycles. The van der Waals surface area contributed by atoms with Gasteiger partial charge in [-0.05, 0) is 19.4 Å². The van der Waals surface area contributed by atoms with E-state index in [1.54, 1.807) is 6.08 Å². The number of hydrogen-bond donors (Lipinski definition) is 0. The summed E-state index contributed by atoms with van der Waals surface area (Å²) in [5.74, 6) is 0. The van der Waals surface area contributed by atoms with Crippen molar-refractivity contribution < 1.29 is 0 Å². The quantitative estimate of drug-likeness (QED) is 0.404. The van der Waals surface area contributed by atoms with E-state index in [0.29, 0.717) is 0 Å². The minimum absolute atomic E-state index is 0.942. The zero-order chi connectivity index (χ0) is 7.11. The predicted octanol–water partition coefficient (Wildman–Crippen LogP) is 2.56. The molecule has 50 valence electrons. The van der Waals surface area contributed by atoms with Gasteiger partial charge in [-0.1, -0.05) is 19.6 Å². The summed E-state index contributed by atoms with van der Waals surface area (Å²) in [5.41, 5.74) is 0.942. The van der Waals surface area contributed by atoms with E-state index in [1.165, 1.54) is 0 Å². The molecule has 0 unspecified atom stereocenters. The van der Waals surface area contributed by atoms with Crippen molar-refractivity contribution in [3.05, 3.63) is 24.4 Å². The lowest BCUT2D eigenvalue weighted by Crippen LogP contribution is -1.71. The van der Waals surface area contributed by atoms with Crippen molar-refractivity contribution in [2.75, 3.05) is 0 Å². The Hall–Kier alpha value is -0.850. The van der Waals surface area contributed by atoms with Crippen molar-refractivity contribution in [2.45, 2.75) is 20.3 Å². The second kappa shape index (κ2) is 5.29. The number of allylic oxidation sites excluding steroid dienone is 2. The van der Waals surface area contributed by atoms with Crippen LogP contribution in [-0.4, -0.2) is 6.21 Å². The summed E-state index contributed by atoms with van der Waals surface area (Å²) < 4.78 is 0. The first-order valence-corrected chi connectivity index (χ1v) is 3.16. The van der Waals surface area contributed by atoms with Crippen LogP contribution in [-0.2, 0) is 0 Å². The first kappa shape index (κ1) is 8.15. The van der Waals surface area contributed by atoms with Crippen LogP contribution in [0.1, 0.15) is 20.3 Å². The molecule has 0 aliphatic rings. The molecule has 0 spiro atoms. The van der Waals surface area contributed by atoms with Crippen LogP contribution in [0.3, 0.4) is 0 Å². The Balaban J connectivity index is 3.84. The van der Waals surface area contributed by atoms with Gasteiger partial charge < -0.3 is 0 Å². The van der Waals surface area contributed by atoms with Gasteiger partial charge in [0.15, 0.2) is 0 Å². The maximum Gasteiger partial charge on any atom is 0.0577 e. The van der Waals surface area contributed by atoms with Gasteiger partial charge in [0.2, 0.25) is 0 Å². The predicted molar refractivity (Wildman–Crippen MR) is 42.7 cm³/mol. The molecule has 0 aromatic carbocycles. The summed E-state index contributed by atoms with van der Waals surface area (Å²) in [5, 5.41) is 0. The van der Waals surface area contributed by atoms with Gasteiger partial charge in [0.25, 0.3) is 0 Å². The fourth-order valence-corrected chi connectivity index (χ4v) is 0.442. The smallest absolute Gasteiger partial charge is 0.0577 e. The Labute approximate surface area is 56.8 Å². The lowest BCUT2D eigenvalue weighted by molar-refractivity contribution is 1.29. The Morgan fingerprint density at radius 3 is 2.67 bits per heavy atom. The van der Waals surface area contributed by atoms with Gasteiger partial charge in [0.05, 0.1) is 5.70 Å². The molecule has 0 aromatic rings. The zero-order valence-corrected chi connectivity index (χ0v) is 6.09. The van der Waals surface area contributed by atoms with E-state index in [0.717, 1.165) is 12.1 Å². The highest BCUT2D eigenvalue weighted by Crippen LogP contribution is 1.94. The van der Waals surface area contributed by atoms with Crippen LogP contribution < -0.4 is 0 Å². The molecule has 0 aliphatic carbocycles. The largest absolute Gasteiger partial charge is 0.262 e. The number of nitrogens with zero attached hydrogens (tertiary/aromatic N) is 1. The van der Waals surface area contributed by atoms with Gasteiger partial charge in [-0.15, -0.1) is 0 Å². The third-order valence-corrected chi connectivity index (χ3v) is 0.928. The van der Waals surface area contributed by atoms with Crippen molar-refractivity contribution in [2.24, 2.45) is 4.99 Å². The molecule has 1 nitrogen and oxygen atoms in total. The topological polar surface area (TPSA) is 12.4 Å². The Morgan fingerprint density at radius 1 is 1.67 bits per heavy atom. The SMILES string of the molecule is C=C/C(=C\C)N=CCC. The summed E-state index contributed by atoms with van der Waals surface area (Å²) in [6, 6.07) is 0.